The van der Waals surface area contributed by atoms with Gasteiger partial charge in [0.05, 0.1) is 16.8 Å². The van der Waals surface area contributed by atoms with Gasteiger partial charge >= 0.3 is 0 Å². The van der Waals surface area contributed by atoms with Crippen LogP contribution in [0.1, 0.15) is 16.1 Å². The van der Waals surface area contributed by atoms with Crippen LogP contribution in [0.25, 0.3) is 0 Å². The topological polar surface area (TPSA) is 55.1 Å². The summed E-state index contributed by atoms with van der Waals surface area (Å²) in [6, 6.07) is 5.09. The molecule has 94 valence electrons. The Balaban J connectivity index is 1.93. The molecule has 2 heterocycles. The van der Waals surface area contributed by atoms with Crippen LogP contribution in [0.15, 0.2) is 35.1 Å². The van der Waals surface area contributed by atoms with Gasteiger partial charge in [0.15, 0.2) is 0 Å². The third-order valence-corrected chi connectivity index (χ3v) is 2.81. The van der Waals surface area contributed by atoms with Crippen LogP contribution < -0.4 is 5.32 Å². The molecule has 0 saturated heterocycles. The fraction of sp³-hybridized carbons (Fsp3) is 0.167. The van der Waals surface area contributed by atoms with Gasteiger partial charge in [-0.15, -0.1) is 0 Å². The SMILES string of the molecule is O=C(NCCc1ccco1)c1cc(Cl)ncc1Cl. The lowest BCUT2D eigenvalue weighted by atomic mass is 10.2. The van der Waals surface area contributed by atoms with Crippen LogP contribution in [0.2, 0.25) is 10.2 Å². The molecule has 0 fully saturated rings. The van der Waals surface area contributed by atoms with Gasteiger partial charge in [-0.2, -0.15) is 0 Å². The smallest absolute Gasteiger partial charge is 0.252 e. The molecule has 2 rings (SSSR count). The summed E-state index contributed by atoms with van der Waals surface area (Å²) in [6.07, 6.45) is 3.57. The normalized spacial score (nSPS) is 10.3. The van der Waals surface area contributed by atoms with Gasteiger partial charge in [-0.25, -0.2) is 4.98 Å². The molecule has 0 aliphatic heterocycles. The molecule has 0 aliphatic carbocycles. The highest BCUT2D eigenvalue weighted by Gasteiger charge is 2.11. The van der Waals surface area contributed by atoms with Crippen molar-refractivity contribution in [1.82, 2.24) is 10.3 Å². The summed E-state index contributed by atoms with van der Waals surface area (Å²) in [5.41, 5.74) is 0.316. The van der Waals surface area contributed by atoms with E-state index in [-0.39, 0.29) is 16.1 Å². The number of halogens is 2. The quantitative estimate of drug-likeness (QED) is 0.879. The summed E-state index contributed by atoms with van der Waals surface area (Å²) in [4.78, 5) is 15.6. The van der Waals surface area contributed by atoms with E-state index in [2.05, 4.69) is 10.3 Å². The van der Waals surface area contributed by atoms with E-state index in [4.69, 9.17) is 27.6 Å². The molecule has 6 heteroatoms. The van der Waals surface area contributed by atoms with E-state index in [0.717, 1.165) is 5.76 Å². The molecule has 4 nitrogen and oxygen atoms in total. The highest BCUT2D eigenvalue weighted by Crippen LogP contribution is 2.17. The lowest BCUT2D eigenvalue weighted by molar-refractivity contribution is 0.0954. The fourth-order valence-electron chi connectivity index (χ4n) is 1.44. The van der Waals surface area contributed by atoms with E-state index in [9.17, 15) is 4.79 Å². The molecule has 0 saturated carbocycles. The molecule has 0 aliphatic rings. The van der Waals surface area contributed by atoms with E-state index in [0.29, 0.717) is 18.5 Å². The molecule has 0 unspecified atom stereocenters. The number of amides is 1. The standard InChI is InChI=1S/C12H10Cl2N2O2/c13-10-7-16-11(14)6-9(10)12(17)15-4-3-8-2-1-5-18-8/h1-2,5-7H,3-4H2,(H,15,17). The van der Waals surface area contributed by atoms with Crippen LogP contribution in [0.4, 0.5) is 0 Å². The van der Waals surface area contributed by atoms with Gasteiger partial charge in [0.2, 0.25) is 0 Å². The highest BCUT2D eigenvalue weighted by atomic mass is 35.5. The second-order valence-corrected chi connectivity index (χ2v) is 4.37. The Morgan fingerprint density at radius 2 is 2.28 bits per heavy atom. The number of nitrogens with one attached hydrogen (secondary N) is 1. The maximum Gasteiger partial charge on any atom is 0.252 e. The van der Waals surface area contributed by atoms with Gasteiger partial charge in [0.1, 0.15) is 10.9 Å². The van der Waals surface area contributed by atoms with E-state index < -0.39 is 0 Å². The van der Waals surface area contributed by atoms with Gasteiger partial charge in [0.25, 0.3) is 5.91 Å². The van der Waals surface area contributed by atoms with Crippen molar-refractivity contribution >= 4 is 29.1 Å². The number of furan rings is 1. The number of carbonyl (C=O) groups is 1. The van der Waals surface area contributed by atoms with Crippen LogP contribution in [-0.4, -0.2) is 17.4 Å². The molecular weight excluding hydrogens is 275 g/mol. The maximum absolute atomic E-state index is 11.8. The second kappa shape index (κ2) is 5.89. The van der Waals surface area contributed by atoms with Crippen LogP contribution in [0.5, 0.6) is 0 Å². The number of carbonyl (C=O) groups excluding carboxylic acids is 1. The largest absolute Gasteiger partial charge is 0.469 e. The van der Waals surface area contributed by atoms with Crippen molar-refractivity contribution in [2.24, 2.45) is 0 Å². The van der Waals surface area contributed by atoms with E-state index in [1.807, 2.05) is 6.07 Å². The molecule has 0 aromatic carbocycles. The van der Waals surface area contributed by atoms with Crippen LogP contribution in [0, 0.1) is 0 Å². The first kappa shape index (κ1) is 12.9. The molecule has 1 N–H and O–H groups in total. The Morgan fingerprint density at radius 1 is 1.44 bits per heavy atom. The number of hydrogen-bond donors (Lipinski definition) is 1. The monoisotopic (exact) mass is 284 g/mol. The van der Waals surface area contributed by atoms with Gasteiger partial charge in [0, 0.05) is 19.2 Å². The average Bonchev–Trinajstić information content (AvgIpc) is 2.85. The summed E-state index contributed by atoms with van der Waals surface area (Å²) in [6.45, 7) is 0.461. The van der Waals surface area contributed by atoms with E-state index >= 15 is 0 Å². The van der Waals surface area contributed by atoms with E-state index in [1.54, 1.807) is 12.3 Å². The zero-order valence-electron chi connectivity index (χ0n) is 9.32. The van der Waals surface area contributed by atoms with Gasteiger partial charge in [-0.05, 0) is 18.2 Å². The predicted octanol–water partition coefficient (Wildman–Crippen LogP) is 2.95. The predicted molar refractivity (Wildman–Crippen MR) is 69.0 cm³/mol. The first-order valence-corrected chi connectivity index (χ1v) is 6.04. The Morgan fingerprint density at radius 3 is 3.00 bits per heavy atom. The minimum absolute atomic E-state index is 0.232. The molecule has 1 amide bonds. The third-order valence-electron chi connectivity index (χ3n) is 2.30. The minimum Gasteiger partial charge on any atom is -0.469 e. The van der Waals surface area contributed by atoms with Crippen molar-refractivity contribution in [3.8, 4) is 0 Å². The summed E-state index contributed by atoms with van der Waals surface area (Å²) in [5.74, 6) is 0.532. The van der Waals surface area contributed by atoms with Crippen molar-refractivity contribution < 1.29 is 9.21 Å². The van der Waals surface area contributed by atoms with Crippen molar-refractivity contribution in [1.29, 1.82) is 0 Å². The molecule has 2 aromatic heterocycles. The van der Waals surface area contributed by atoms with Crippen molar-refractivity contribution in [2.45, 2.75) is 6.42 Å². The van der Waals surface area contributed by atoms with Gasteiger partial charge in [-0.1, -0.05) is 23.2 Å². The Kier molecular flexibility index (Phi) is 4.23. The van der Waals surface area contributed by atoms with Gasteiger partial charge in [-0.3, -0.25) is 4.79 Å². The average molecular weight is 285 g/mol. The number of pyridine rings is 1. The number of hydrogen-bond acceptors (Lipinski definition) is 3. The Labute approximate surface area is 114 Å². The molecule has 0 radical (unpaired) electrons. The third kappa shape index (κ3) is 3.24. The lowest BCUT2D eigenvalue weighted by Gasteiger charge is -2.05. The molecule has 18 heavy (non-hydrogen) atoms. The van der Waals surface area contributed by atoms with Crippen LogP contribution in [0.3, 0.4) is 0 Å². The first-order chi connectivity index (χ1) is 8.66. The summed E-state index contributed by atoms with van der Waals surface area (Å²) < 4.78 is 5.16. The zero-order valence-corrected chi connectivity index (χ0v) is 10.8. The lowest BCUT2D eigenvalue weighted by Crippen LogP contribution is -2.26. The summed E-state index contributed by atoms with van der Waals surface area (Å²) >= 11 is 11.6. The molecule has 0 atom stereocenters. The second-order valence-electron chi connectivity index (χ2n) is 3.57. The van der Waals surface area contributed by atoms with Crippen LogP contribution >= 0.6 is 23.2 Å². The molecule has 0 spiro atoms. The first-order valence-electron chi connectivity index (χ1n) is 5.28. The molecule has 2 aromatic rings. The number of nitrogens with zero attached hydrogens (tertiary/aromatic N) is 1. The zero-order chi connectivity index (χ0) is 13.0. The van der Waals surface area contributed by atoms with E-state index in [1.165, 1.54) is 12.3 Å². The molecule has 0 bridgehead atoms. The molecular formula is C12H10Cl2N2O2. The Hall–Kier alpha value is -1.52. The van der Waals surface area contributed by atoms with Crippen LogP contribution in [-0.2, 0) is 6.42 Å². The minimum atomic E-state index is -0.282. The van der Waals surface area contributed by atoms with Crippen molar-refractivity contribution in [3.05, 3.63) is 52.2 Å². The summed E-state index contributed by atoms with van der Waals surface area (Å²) in [5, 5.41) is 3.24. The highest BCUT2D eigenvalue weighted by molar-refractivity contribution is 6.35. The summed E-state index contributed by atoms with van der Waals surface area (Å²) in [7, 11) is 0. The van der Waals surface area contributed by atoms with Gasteiger partial charge < -0.3 is 9.73 Å². The number of aromatic nitrogens is 1. The fourth-order valence-corrected chi connectivity index (χ4v) is 1.78. The number of rotatable bonds is 4. The maximum atomic E-state index is 11.8. The van der Waals surface area contributed by atoms with Crippen molar-refractivity contribution in [3.63, 3.8) is 0 Å². The Bertz CT molecular complexity index is 541. The van der Waals surface area contributed by atoms with Crippen molar-refractivity contribution in [2.75, 3.05) is 6.54 Å².